The highest BCUT2D eigenvalue weighted by Crippen LogP contribution is 2.31. The Kier molecular flexibility index (Phi) is 4.79. The second-order valence-corrected chi connectivity index (χ2v) is 7.82. The van der Waals surface area contributed by atoms with Crippen molar-refractivity contribution in [2.24, 2.45) is 0 Å². The molecule has 1 aromatic carbocycles. The zero-order chi connectivity index (χ0) is 20.7. The van der Waals surface area contributed by atoms with Gasteiger partial charge in [0.25, 0.3) is 9.84 Å². The molecule has 0 radical (unpaired) electrons. The second-order valence-electron chi connectivity index (χ2n) is 5.88. The maximum absolute atomic E-state index is 12.7. The van der Waals surface area contributed by atoms with Gasteiger partial charge in [0.1, 0.15) is 0 Å². The van der Waals surface area contributed by atoms with Crippen LogP contribution in [0.3, 0.4) is 0 Å². The molecule has 1 N–H and O–H groups in total. The van der Waals surface area contributed by atoms with Gasteiger partial charge < -0.3 is 5.11 Å². The van der Waals surface area contributed by atoms with Crippen molar-refractivity contribution >= 4 is 9.84 Å². The lowest BCUT2D eigenvalue weighted by Gasteiger charge is -2.09. The average Bonchev–Trinajstić information content (AvgIpc) is 2.85. The number of sulfone groups is 1. The maximum Gasteiger partial charge on any atom is 0.501 e. The van der Waals surface area contributed by atoms with Gasteiger partial charge in [-0.3, -0.25) is 9.55 Å². The van der Waals surface area contributed by atoms with Crippen molar-refractivity contribution < 1.29 is 26.7 Å². The van der Waals surface area contributed by atoms with E-state index in [1.165, 1.54) is 11.5 Å². The Morgan fingerprint density at radius 2 is 1.75 bits per heavy atom. The minimum absolute atomic E-state index is 0.0199. The van der Waals surface area contributed by atoms with E-state index in [1.54, 1.807) is 24.4 Å². The minimum atomic E-state index is -5.50. The van der Waals surface area contributed by atoms with Gasteiger partial charge in [0.15, 0.2) is 0 Å². The molecule has 0 saturated heterocycles. The predicted octanol–water partition coefficient (Wildman–Crippen LogP) is 2.39. The number of aromatic nitrogens is 3. The number of hydrogen-bond acceptors (Lipinski definition) is 5. The van der Waals surface area contributed by atoms with Gasteiger partial charge in [0, 0.05) is 6.20 Å². The number of hydrogen-bond donors (Lipinski definition) is 1. The summed E-state index contributed by atoms with van der Waals surface area (Å²) in [6, 6.07) is 8.63. The minimum Gasteiger partial charge on any atom is -0.493 e. The Morgan fingerprint density at radius 3 is 2.29 bits per heavy atom. The number of pyridine rings is 1. The van der Waals surface area contributed by atoms with Crippen molar-refractivity contribution in [1.29, 1.82) is 0 Å². The summed E-state index contributed by atoms with van der Waals surface area (Å²) in [5, 5.41) is 10.3. The van der Waals surface area contributed by atoms with Crippen LogP contribution in [0.15, 0.2) is 58.4 Å². The lowest BCUT2D eigenvalue weighted by atomic mass is 10.3. The van der Waals surface area contributed by atoms with Crippen LogP contribution in [0.1, 0.15) is 11.4 Å². The first-order chi connectivity index (χ1) is 13.0. The SMILES string of the molecule is Cc1c(O)n(-c2ccc(S(=O)(=O)C(F)(F)F)cc2)c(=O)n1Cc1ccccn1. The van der Waals surface area contributed by atoms with E-state index in [4.69, 9.17) is 0 Å². The smallest absolute Gasteiger partial charge is 0.493 e. The molecule has 0 atom stereocenters. The third-order valence-electron chi connectivity index (χ3n) is 4.12. The summed E-state index contributed by atoms with van der Waals surface area (Å²) in [6.45, 7) is 1.57. The first-order valence-electron chi connectivity index (χ1n) is 7.87. The van der Waals surface area contributed by atoms with Gasteiger partial charge in [-0.2, -0.15) is 13.2 Å². The highest BCUT2D eigenvalue weighted by molar-refractivity contribution is 7.92. The first kappa shape index (κ1) is 19.7. The van der Waals surface area contributed by atoms with Gasteiger partial charge >= 0.3 is 11.2 Å². The fourth-order valence-corrected chi connectivity index (χ4v) is 3.38. The van der Waals surface area contributed by atoms with Crippen molar-refractivity contribution in [3.63, 3.8) is 0 Å². The van der Waals surface area contributed by atoms with Crippen LogP contribution >= 0.6 is 0 Å². The molecule has 0 bridgehead atoms. The lowest BCUT2D eigenvalue weighted by Crippen LogP contribution is -2.25. The third-order valence-corrected chi connectivity index (χ3v) is 5.62. The fourth-order valence-electron chi connectivity index (χ4n) is 2.62. The number of benzene rings is 1. The van der Waals surface area contributed by atoms with Crippen molar-refractivity contribution in [3.8, 4) is 11.6 Å². The van der Waals surface area contributed by atoms with Crippen LogP contribution in [0.4, 0.5) is 13.2 Å². The first-order valence-corrected chi connectivity index (χ1v) is 9.35. The van der Waals surface area contributed by atoms with E-state index < -0.39 is 31.8 Å². The molecular formula is C17H14F3N3O4S. The van der Waals surface area contributed by atoms with Gasteiger partial charge in [-0.05, 0) is 43.3 Å². The standard InChI is InChI=1S/C17H14F3N3O4S/c1-11-15(24)23(16(25)22(11)10-12-4-2-3-9-21-12)13-5-7-14(8-6-13)28(26,27)17(18,19)20/h2-9,24H,10H2,1H3. The molecule has 148 valence electrons. The molecule has 0 unspecified atom stereocenters. The van der Waals surface area contributed by atoms with E-state index in [2.05, 4.69) is 4.98 Å². The van der Waals surface area contributed by atoms with E-state index in [0.29, 0.717) is 5.69 Å². The summed E-state index contributed by atoms with van der Waals surface area (Å²) in [6.07, 6.45) is 1.55. The van der Waals surface area contributed by atoms with Crippen LogP contribution in [0, 0.1) is 6.92 Å². The largest absolute Gasteiger partial charge is 0.501 e. The van der Waals surface area contributed by atoms with E-state index in [0.717, 1.165) is 28.8 Å². The quantitative estimate of drug-likeness (QED) is 0.709. The normalized spacial score (nSPS) is 12.3. The van der Waals surface area contributed by atoms with Gasteiger partial charge in [-0.15, -0.1) is 0 Å². The molecule has 0 aliphatic rings. The topological polar surface area (TPSA) is 94.2 Å². The molecule has 2 heterocycles. The molecule has 3 rings (SSSR count). The second kappa shape index (κ2) is 6.82. The molecule has 0 spiro atoms. The molecule has 0 fully saturated rings. The Bertz CT molecular complexity index is 1170. The maximum atomic E-state index is 12.7. The van der Waals surface area contributed by atoms with Crippen molar-refractivity contribution in [2.75, 3.05) is 0 Å². The van der Waals surface area contributed by atoms with Gasteiger partial charge in [0.05, 0.1) is 28.5 Å². The van der Waals surface area contributed by atoms with Crippen molar-refractivity contribution in [3.05, 3.63) is 70.5 Å². The molecule has 11 heteroatoms. The van der Waals surface area contributed by atoms with Crippen molar-refractivity contribution in [1.82, 2.24) is 14.1 Å². The molecule has 0 aliphatic heterocycles. The molecule has 3 aromatic rings. The van der Waals surface area contributed by atoms with E-state index in [9.17, 15) is 31.5 Å². The average molecular weight is 413 g/mol. The monoisotopic (exact) mass is 413 g/mol. The summed E-state index contributed by atoms with van der Waals surface area (Å²) in [5.74, 6) is -0.410. The molecule has 0 amide bonds. The summed E-state index contributed by atoms with van der Waals surface area (Å²) >= 11 is 0. The predicted molar refractivity (Wildman–Crippen MR) is 93.0 cm³/mol. The zero-order valence-electron chi connectivity index (χ0n) is 14.4. The zero-order valence-corrected chi connectivity index (χ0v) is 15.2. The van der Waals surface area contributed by atoms with Crippen LogP contribution in [0.2, 0.25) is 0 Å². The van der Waals surface area contributed by atoms with Crippen LogP contribution in [-0.2, 0) is 16.4 Å². The Balaban J connectivity index is 2.04. The van der Waals surface area contributed by atoms with Crippen molar-refractivity contribution in [2.45, 2.75) is 23.9 Å². The fraction of sp³-hybridized carbons (Fsp3) is 0.176. The van der Waals surface area contributed by atoms with Gasteiger partial charge in [0.2, 0.25) is 5.88 Å². The summed E-state index contributed by atoms with van der Waals surface area (Å²) in [4.78, 5) is 15.8. The number of rotatable bonds is 4. The molecule has 0 aliphatic carbocycles. The third kappa shape index (κ3) is 3.28. The Labute approximate surface area is 157 Å². The van der Waals surface area contributed by atoms with Crippen LogP contribution in [0.25, 0.3) is 5.69 Å². The number of alkyl halides is 3. The highest BCUT2D eigenvalue weighted by atomic mass is 32.2. The number of nitrogens with zero attached hydrogens (tertiary/aromatic N) is 3. The Hall–Kier alpha value is -3.08. The molecule has 7 nitrogen and oxygen atoms in total. The molecule has 0 saturated carbocycles. The van der Waals surface area contributed by atoms with Gasteiger partial charge in [-0.1, -0.05) is 6.07 Å². The van der Waals surface area contributed by atoms with E-state index >= 15 is 0 Å². The van der Waals surface area contributed by atoms with Crippen LogP contribution in [0.5, 0.6) is 5.88 Å². The van der Waals surface area contributed by atoms with E-state index in [-0.39, 0.29) is 17.9 Å². The summed E-state index contributed by atoms with van der Waals surface area (Å²) < 4.78 is 62.9. The molecule has 2 aromatic heterocycles. The van der Waals surface area contributed by atoms with Crippen LogP contribution in [-0.4, -0.2) is 33.2 Å². The molecule has 28 heavy (non-hydrogen) atoms. The summed E-state index contributed by atoms with van der Waals surface area (Å²) in [5.41, 5.74) is -5.27. The highest BCUT2D eigenvalue weighted by Gasteiger charge is 2.46. The number of imidazole rings is 1. The number of halogens is 3. The van der Waals surface area contributed by atoms with Gasteiger partial charge in [-0.25, -0.2) is 17.8 Å². The number of aromatic hydroxyl groups is 1. The Morgan fingerprint density at radius 1 is 1.11 bits per heavy atom. The summed E-state index contributed by atoms with van der Waals surface area (Å²) in [7, 11) is -5.50. The molecular weight excluding hydrogens is 399 g/mol. The van der Waals surface area contributed by atoms with Crippen LogP contribution < -0.4 is 5.69 Å². The lowest BCUT2D eigenvalue weighted by molar-refractivity contribution is -0.0436. The van der Waals surface area contributed by atoms with E-state index in [1.807, 2.05) is 0 Å².